The molecule has 0 bridgehead atoms. The van der Waals surface area contributed by atoms with Crippen molar-refractivity contribution in [2.45, 2.75) is 32.9 Å². The highest BCUT2D eigenvalue weighted by Gasteiger charge is 2.28. The van der Waals surface area contributed by atoms with Gasteiger partial charge in [0.15, 0.2) is 0 Å². The van der Waals surface area contributed by atoms with Gasteiger partial charge in [-0.3, -0.25) is 9.59 Å². The average Bonchev–Trinajstić information content (AvgIpc) is 2.61. The van der Waals surface area contributed by atoms with E-state index >= 15 is 0 Å². The SMILES string of the molecule is CC(C)[C@H](NC(=O)c1c(F)cccc1F)C(=O)N[C@H](C)c1ccc(Cl)c(Cl)c1. The number of amides is 2. The lowest BCUT2D eigenvalue weighted by molar-refractivity contribution is -0.124. The zero-order valence-electron chi connectivity index (χ0n) is 15.5. The Hall–Kier alpha value is -2.18. The van der Waals surface area contributed by atoms with Crippen molar-refractivity contribution in [1.29, 1.82) is 0 Å². The fraction of sp³-hybridized carbons (Fsp3) is 0.300. The van der Waals surface area contributed by atoms with Crippen LogP contribution in [0.3, 0.4) is 0 Å². The van der Waals surface area contributed by atoms with Gasteiger partial charge in [-0.1, -0.05) is 49.2 Å². The quantitative estimate of drug-likeness (QED) is 0.686. The van der Waals surface area contributed by atoms with Gasteiger partial charge in [-0.15, -0.1) is 0 Å². The lowest BCUT2D eigenvalue weighted by Gasteiger charge is -2.24. The average molecular weight is 429 g/mol. The molecule has 0 aliphatic heterocycles. The van der Waals surface area contributed by atoms with Crippen LogP contribution in [0.1, 0.15) is 42.7 Å². The number of hydrogen-bond donors (Lipinski definition) is 2. The van der Waals surface area contributed by atoms with Crippen LogP contribution in [0.2, 0.25) is 10.0 Å². The number of halogens is 4. The van der Waals surface area contributed by atoms with E-state index in [0.717, 1.165) is 23.8 Å². The van der Waals surface area contributed by atoms with Crippen molar-refractivity contribution in [2.75, 3.05) is 0 Å². The van der Waals surface area contributed by atoms with E-state index in [9.17, 15) is 18.4 Å². The summed E-state index contributed by atoms with van der Waals surface area (Å²) in [6.45, 7) is 5.17. The second kappa shape index (κ2) is 9.34. The molecule has 2 aromatic carbocycles. The summed E-state index contributed by atoms with van der Waals surface area (Å²) in [4.78, 5) is 25.0. The van der Waals surface area contributed by atoms with E-state index < -0.39 is 41.1 Å². The molecule has 0 saturated carbocycles. The van der Waals surface area contributed by atoms with Crippen LogP contribution in [-0.4, -0.2) is 17.9 Å². The second-order valence-corrected chi connectivity index (χ2v) is 7.51. The molecule has 0 unspecified atom stereocenters. The molecule has 0 aliphatic rings. The molecule has 2 atom stereocenters. The summed E-state index contributed by atoms with van der Waals surface area (Å²) in [6, 6.07) is 6.67. The standard InChI is InChI=1S/C20H20Cl2F2N2O2/c1-10(2)18(26-19(27)17-15(23)5-4-6-16(17)24)20(28)25-11(3)12-7-8-13(21)14(22)9-12/h4-11,18H,1-3H3,(H,25,28)(H,26,27)/t11-,18+/m1/s1. The fourth-order valence-electron chi connectivity index (χ4n) is 2.63. The van der Waals surface area contributed by atoms with Crippen LogP contribution >= 0.6 is 23.2 Å². The Kier molecular flexibility index (Phi) is 7.38. The van der Waals surface area contributed by atoms with Gasteiger partial charge in [0, 0.05) is 0 Å². The minimum atomic E-state index is -0.996. The Bertz CT molecular complexity index is 870. The molecule has 0 fully saturated rings. The zero-order valence-corrected chi connectivity index (χ0v) is 17.0. The lowest BCUT2D eigenvalue weighted by atomic mass is 10.0. The van der Waals surface area contributed by atoms with E-state index in [2.05, 4.69) is 10.6 Å². The number of nitrogens with one attached hydrogen (secondary N) is 2. The summed E-state index contributed by atoms with van der Waals surface area (Å²) in [5.74, 6) is -3.79. The Balaban J connectivity index is 2.15. The van der Waals surface area contributed by atoms with Gasteiger partial charge in [-0.25, -0.2) is 8.78 Å². The highest BCUT2D eigenvalue weighted by Crippen LogP contribution is 2.25. The molecule has 4 nitrogen and oxygen atoms in total. The van der Waals surface area contributed by atoms with Crippen molar-refractivity contribution >= 4 is 35.0 Å². The Labute approximate surface area is 172 Å². The third-order valence-electron chi connectivity index (χ3n) is 4.23. The molecule has 0 spiro atoms. The van der Waals surface area contributed by atoms with Crippen LogP contribution < -0.4 is 10.6 Å². The third kappa shape index (κ3) is 5.20. The molecule has 0 saturated heterocycles. The molecule has 0 aliphatic carbocycles. The smallest absolute Gasteiger partial charge is 0.257 e. The maximum absolute atomic E-state index is 13.8. The van der Waals surface area contributed by atoms with Gasteiger partial charge in [-0.05, 0) is 42.7 Å². The first-order chi connectivity index (χ1) is 13.1. The first-order valence-corrected chi connectivity index (χ1v) is 9.37. The van der Waals surface area contributed by atoms with Crippen molar-refractivity contribution in [3.8, 4) is 0 Å². The third-order valence-corrected chi connectivity index (χ3v) is 4.97. The molecule has 2 N–H and O–H groups in total. The summed E-state index contributed by atoms with van der Waals surface area (Å²) in [6.07, 6.45) is 0. The number of carbonyl (C=O) groups excluding carboxylic acids is 2. The van der Waals surface area contributed by atoms with Gasteiger partial charge >= 0.3 is 0 Å². The first kappa shape index (κ1) is 22.1. The van der Waals surface area contributed by atoms with E-state index in [1.807, 2.05) is 0 Å². The van der Waals surface area contributed by atoms with E-state index in [1.165, 1.54) is 0 Å². The summed E-state index contributed by atoms with van der Waals surface area (Å²) in [5.41, 5.74) is -0.00443. The zero-order chi connectivity index (χ0) is 21.0. The molecule has 2 amide bonds. The van der Waals surface area contributed by atoms with Crippen LogP contribution in [-0.2, 0) is 4.79 Å². The Morgan fingerprint density at radius 1 is 0.929 bits per heavy atom. The normalized spacial score (nSPS) is 13.1. The number of carbonyl (C=O) groups is 2. The first-order valence-electron chi connectivity index (χ1n) is 8.62. The molecule has 0 heterocycles. The maximum atomic E-state index is 13.8. The van der Waals surface area contributed by atoms with Gasteiger partial charge in [-0.2, -0.15) is 0 Å². The minimum absolute atomic E-state index is 0.320. The molecule has 2 aromatic rings. The van der Waals surface area contributed by atoms with Crippen LogP contribution in [0, 0.1) is 17.6 Å². The Morgan fingerprint density at radius 3 is 2.07 bits per heavy atom. The van der Waals surface area contributed by atoms with Gasteiger partial charge in [0.1, 0.15) is 23.2 Å². The molecule has 2 rings (SSSR count). The number of hydrogen-bond acceptors (Lipinski definition) is 2. The molecule has 0 radical (unpaired) electrons. The van der Waals surface area contributed by atoms with Crippen LogP contribution in [0.25, 0.3) is 0 Å². The molecule has 28 heavy (non-hydrogen) atoms. The predicted octanol–water partition coefficient (Wildman–Crippen LogP) is 4.90. The van der Waals surface area contributed by atoms with Crippen molar-refractivity contribution in [2.24, 2.45) is 5.92 Å². The molecule has 8 heteroatoms. The van der Waals surface area contributed by atoms with Crippen LogP contribution in [0.15, 0.2) is 36.4 Å². The van der Waals surface area contributed by atoms with E-state index in [4.69, 9.17) is 23.2 Å². The summed E-state index contributed by atoms with van der Waals surface area (Å²) in [5, 5.41) is 5.92. The number of rotatable bonds is 6. The fourth-order valence-corrected chi connectivity index (χ4v) is 2.94. The van der Waals surface area contributed by atoms with Crippen molar-refractivity contribution < 1.29 is 18.4 Å². The van der Waals surface area contributed by atoms with Gasteiger partial charge < -0.3 is 10.6 Å². The van der Waals surface area contributed by atoms with Crippen LogP contribution in [0.4, 0.5) is 8.78 Å². The van der Waals surface area contributed by atoms with E-state index in [-0.39, 0.29) is 5.92 Å². The van der Waals surface area contributed by atoms with Crippen LogP contribution in [0.5, 0.6) is 0 Å². The summed E-state index contributed by atoms with van der Waals surface area (Å²) < 4.78 is 27.7. The highest BCUT2D eigenvalue weighted by atomic mass is 35.5. The monoisotopic (exact) mass is 428 g/mol. The van der Waals surface area contributed by atoms with E-state index in [1.54, 1.807) is 39.0 Å². The number of benzene rings is 2. The second-order valence-electron chi connectivity index (χ2n) is 6.70. The maximum Gasteiger partial charge on any atom is 0.257 e. The largest absolute Gasteiger partial charge is 0.348 e. The molecule has 0 aromatic heterocycles. The van der Waals surface area contributed by atoms with Gasteiger partial charge in [0.25, 0.3) is 5.91 Å². The molecular weight excluding hydrogens is 409 g/mol. The highest BCUT2D eigenvalue weighted by molar-refractivity contribution is 6.42. The summed E-state index contributed by atoms with van der Waals surface area (Å²) >= 11 is 11.9. The van der Waals surface area contributed by atoms with E-state index in [0.29, 0.717) is 10.0 Å². The summed E-state index contributed by atoms with van der Waals surface area (Å²) in [7, 11) is 0. The molecule has 150 valence electrons. The Morgan fingerprint density at radius 2 is 1.54 bits per heavy atom. The van der Waals surface area contributed by atoms with Crippen molar-refractivity contribution in [1.82, 2.24) is 10.6 Å². The van der Waals surface area contributed by atoms with Gasteiger partial charge in [0.2, 0.25) is 5.91 Å². The van der Waals surface area contributed by atoms with Gasteiger partial charge in [0.05, 0.1) is 16.1 Å². The van der Waals surface area contributed by atoms with Crippen molar-refractivity contribution in [3.63, 3.8) is 0 Å². The van der Waals surface area contributed by atoms with Crippen molar-refractivity contribution in [3.05, 3.63) is 69.2 Å². The lowest BCUT2D eigenvalue weighted by Crippen LogP contribution is -2.50. The predicted molar refractivity (Wildman–Crippen MR) is 105 cm³/mol. The molecular formula is C20H20Cl2F2N2O2. The minimum Gasteiger partial charge on any atom is -0.348 e. The topological polar surface area (TPSA) is 58.2 Å².